The number of hydrogen-bond acceptors (Lipinski definition) is 4. The molecule has 0 fully saturated rings. The van der Waals surface area contributed by atoms with Crippen molar-refractivity contribution >= 4 is 39.1 Å². The molecular weight excluding hydrogens is 546 g/mol. The lowest BCUT2D eigenvalue weighted by Crippen LogP contribution is -2.51. The highest BCUT2D eigenvalue weighted by Crippen LogP contribution is 2.29. The third-order valence-electron chi connectivity index (χ3n) is 6.79. The molecule has 0 aliphatic rings. The Balaban J connectivity index is 2.05. The topological polar surface area (TPSA) is 86.8 Å². The molecule has 0 aromatic heterocycles. The quantitative estimate of drug-likeness (QED) is 0.316. The van der Waals surface area contributed by atoms with E-state index in [1.807, 2.05) is 58.9 Å². The number of aryl methyl sites for hydroxylation is 3. The Labute approximate surface area is 243 Å². The van der Waals surface area contributed by atoms with Crippen LogP contribution in [0.3, 0.4) is 0 Å². The first-order chi connectivity index (χ1) is 18.8. The number of nitrogens with zero attached hydrogens (tertiary/aromatic N) is 2. The zero-order valence-electron chi connectivity index (χ0n) is 23.9. The maximum absolute atomic E-state index is 14.0. The molecule has 0 aliphatic carbocycles. The predicted octanol–water partition coefficient (Wildman–Crippen LogP) is 5.65. The van der Waals surface area contributed by atoms with Gasteiger partial charge in [0.2, 0.25) is 11.8 Å². The average Bonchev–Trinajstić information content (AvgIpc) is 2.91. The number of halogens is 1. The average molecular weight is 584 g/mol. The van der Waals surface area contributed by atoms with Crippen LogP contribution in [0.4, 0.5) is 5.69 Å². The van der Waals surface area contributed by atoms with Crippen LogP contribution in [0, 0.1) is 26.7 Å². The molecule has 0 radical (unpaired) electrons. The lowest BCUT2D eigenvalue weighted by Gasteiger charge is -2.32. The van der Waals surface area contributed by atoms with E-state index in [0.717, 1.165) is 26.6 Å². The number of amides is 2. The highest BCUT2D eigenvalue weighted by atomic mass is 35.5. The Kier molecular flexibility index (Phi) is 10.4. The zero-order chi connectivity index (χ0) is 29.6. The Morgan fingerprint density at radius 3 is 2.15 bits per heavy atom. The van der Waals surface area contributed by atoms with Crippen LogP contribution in [0.1, 0.15) is 43.0 Å². The van der Waals surface area contributed by atoms with Crippen molar-refractivity contribution < 1.29 is 18.0 Å². The summed E-state index contributed by atoms with van der Waals surface area (Å²) in [4.78, 5) is 28.6. The largest absolute Gasteiger partial charge is 0.354 e. The Morgan fingerprint density at radius 1 is 0.900 bits per heavy atom. The van der Waals surface area contributed by atoms with Crippen molar-refractivity contribution in [3.8, 4) is 0 Å². The van der Waals surface area contributed by atoms with Gasteiger partial charge < -0.3 is 10.2 Å². The molecule has 3 aromatic carbocycles. The third-order valence-corrected chi connectivity index (χ3v) is 8.98. The monoisotopic (exact) mass is 583 g/mol. The van der Waals surface area contributed by atoms with E-state index in [2.05, 4.69) is 5.32 Å². The van der Waals surface area contributed by atoms with Crippen molar-refractivity contribution in [3.63, 3.8) is 0 Å². The summed E-state index contributed by atoms with van der Waals surface area (Å²) < 4.78 is 28.9. The fourth-order valence-electron chi connectivity index (χ4n) is 4.11. The number of hydrogen-bond donors (Lipinski definition) is 1. The van der Waals surface area contributed by atoms with Crippen LogP contribution < -0.4 is 9.62 Å². The third kappa shape index (κ3) is 7.64. The van der Waals surface area contributed by atoms with Gasteiger partial charge in [0.25, 0.3) is 10.0 Å². The number of rotatable bonds is 11. The lowest BCUT2D eigenvalue weighted by atomic mass is 10.1. The molecule has 0 saturated heterocycles. The summed E-state index contributed by atoms with van der Waals surface area (Å²) in [5, 5.41) is 3.28. The molecule has 0 bridgehead atoms. The summed E-state index contributed by atoms with van der Waals surface area (Å²) in [6.45, 7) is 11.4. The van der Waals surface area contributed by atoms with Crippen molar-refractivity contribution in [3.05, 3.63) is 94.0 Å². The molecule has 1 unspecified atom stereocenters. The van der Waals surface area contributed by atoms with Crippen LogP contribution in [0.15, 0.2) is 71.6 Å². The molecule has 0 spiro atoms. The van der Waals surface area contributed by atoms with Crippen molar-refractivity contribution in [1.82, 2.24) is 10.2 Å². The molecular formula is C31H38ClN3O4S. The van der Waals surface area contributed by atoms with E-state index >= 15 is 0 Å². The fraction of sp³-hybridized carbons (Fsp3) is 0.355. The molecule has 0 heterocycles. The number of anilines is 1. The van der Waals surface area contributed by atoms with Gasteiger partial charge in [-0.1, -0.05) is 73.5 Å². The summed E-state index contributed by atoms with van der Waals surface area (Å²) in [7, 11) is -4.15. The number of sulfonamides is 1. The second kappa shape index (κ2) is 13.3. The van der Waals surface area contributed by atoms with E-state index in [0.29, 0.717) is 11.6 Å². The molecule has 3 rings (SSSR count). The standard InChI is InChI=1S/C31H38ClN3O4S/c1-21(2)18-33-31(37)25(6)34(19-26-10-8-7-9-23(26)4)30(36)20-35(27-14-13-24(5)29(32)17-27)40(38,39)28-15-11-22(3)12-16-28/h7-17,21,25H,18-20H2,1-6H3,(H,33,37). The summed E-state index contributed by atoms with van der Waals surface area (Å²) >= 11 is 6.38. The van der Waals surface area contributed by atoms with Gasteiger partial charge in [0, 0.05) is 18.1 Å². The molecule has 7 nitrogen and oxygen atoms in total. The smallest absolute Gasteiger partial charge is 0.264 e. The molecule has 2 amide bonds. The second-order valence-electron chi connectivity index (χ2n) is 10.5. The second-order valence-corrected chi connectivity index (χ2v) is 12.8. The molecule has 0 saturated carbocycles. The van der Waals surface area contributed by atoms with E-state index in [-0.39, 0.29) is 29.0 Å². The summed E-state index contributed by atoms with van der Waals surface area (Å²) in [6, 6.07) is 18.1. The Morgan fingerprint density at radius 2 is 1.55 bits per heavy atom. The van der Waals surface area contributed by atoms with Crippen molar-refractivity contribution in [2.75, 3.05) is 17.4 Å². The predicted molar refractivity (Wildman–Crippen MR) is 161 cm³/mol. The normalized spacial score (nSPS) is 12.2. The molecule has 1 N–H and O–H groups in total. The minimum atomic E-state index is -4.15. The van der Waals surface area contributed by atoms with Gasteiger partial charge in [0.05, 0.1) is 10.6 Å². The minimum Gasteiger partial charge on any atom is -0.354 e. The van der Waals surface area contributed by atoms with Gasteiger partial charge in [-0.15, -0.1) is 0 Å². The van der Waals surface area contributed by atoms with Gasteiger partial charge in [-0.25, -0.2) is 8.42 Å². The molecule has 1 atom stereocenters. The summed E-state index contributed by atoms with van der Waals surface area (Å²) in [5.41, 5.74) is 3.78. The van der Waals surface area contributed by atoms with Crippen molar-refractivity contribution in [2.24, 2.45) is 5.92 Å². The van der Waals surface area contributed by atoms with Gasteiger partial charge in [-0.05, 0) is 74.6 Å². The number of carbonyl (C=O) groups excluding carboxylic acids is 2. The molecule has 9 heteroatoms. The van der Waals surface area contributed by atoms with E-state index in [1.165, 1.54) is 17.0 Å². The van der Waals surface area contributed by atoms with E-state index in [4.69, 9.17) is 11.6 Å². The van der Waals surface area contributed by atoms with Gasteiger partial charge in [-0.2, -0.15) is 0 Å². The Bertz CT molecular complexity index is 1460. The SMILES string of the molecule is Cc1ccc(S(=O)(=O)N(CC(=O)N(Cc2ccccc2C)C(C)C(=O)NCC(C)C)c2ccc(C)c(Cl)c2)cc1. The molecule has 40 heavy (non-hydrogen) atoms. The first-order valence-corrected chi connectivity index (χ1v) is 15.1. The van der Waals surface area contributed by atoms with E-state index in [9.17, 15) is 18.0 Å². The number of carbonyl (C=O) groups is 2. The van der Waals surface area contributed by atoms with Crippen molar-refractivity contribution in [1.29, 1.82) is 0 Å². The maximum atomic E-state index is 14.0. The number of nitrogens with one attached hydrogen (secondary N) is 1. The Hall–Kier alpha value is -3.36. The maximum Gasteiger partial charge on any atom is 0.264 e. The van der Waals surface area contributed by atoms with E-state index < -0.39 is 28.5 Å². The summed E-state index contributed by atoms with van der Waals surface area (Å²) in [5.74, 6) is -0.581. The van der Waals surface area contributed by atoms with Crippen LogP contribution in [0.2, 0.25) is 5.02 Å². The van der Waals surface area contributed by atoms with Crippen LogP contribution >= 0.6 is 11.6 Å². The van der Waals surface area contributed by atoms with Crippen molar-refractivity contribution in [2.45, 2.75) is 59.0 Å². The molecule has 0 aliphatic heterocycles. The lowest BCUT2D eigenvalue weighted by molar-refractivity contribution is -0.139. The highest BCUT2D eigenvalue weighted by Gasteiger charge is 2.33. The van der Waals surface area contributed by atoms with Crippen LogP contribution in [-0.2, 0) is 26.2 Å². The van der Waals surface area contributed by atoms with Gasteiger partial charge >= 0.3 is 0 Å². The summed E-state index contributed by atoms with van der Waals surface area (Å²) in [6.07, 6.45) is 0. The van der Waals surface area contributed by atoms with Crippen LogP contribution in [0.5, 0.6) is 0 Å². The first kappa shape index (κ1) is 31.2. The zero-order valence-corrected chi connectivity index (χ0v) is 25.5. The molecule has 214 valence electrons. The fourth-order valence-corrected chi connectivity index (χ4v) is 5.69. The minimum absolute atomic E-state index is 0.0516. The first-order valence-electron chi connectivity index (χ1n) is 13.3. The molecule has 3 aromatic rings. The van der Waals surface area contributed by atoms with Gasteiger partial charge in [-0.3, -0.25) is 13.9 Å². The number of benzene rings is 3. The highest BCUT2D eigenvalue weighted by molar-refractivity contribution is 7.92. The van der Waals surface area contributed by atoms with Gasteiger partial charge in [0.15, 0.2) is 0 Å². The van der Waals surface area contributed by atoms with Crippen LogP contribution in [-0.4, -0.2) is 44.3 Å². The van der Waals surface area contributed by atoms with Gasteiger partial charge in [0.1, 0.15) is 12.6 Å². The van der Waals surface area contributed by atoms with Crippen LogP contribution in [0.25, 0.3) is 0 Å². The van der Waals surface area contributed by atoms with E-state index in [1.54, 1.807) is 37.3 Å².